The summed E-state index contributed by atoms with van der Waals surface area (Å²) in [6.45, 7) is 0. The second-order valence-corrected chi connectivity index (χ2v) is 14.0. The van der Waals surface area contributed by atoms with Crippen LogP contribution in [0.2, 0.25) is 0 Å². The molecule has 4 nitrogen and oxygen atoms in total. The third kappa shape index (κ3) is 5.11. The molecule has 9 aromatic carbocycles. The molecule has 0 spiro atoms. The molecule has 0 atom stereocenters. The van der Waals surface area contributed by atoms with Gasteiger partial charge in [0.2, 0.25) is 0 Å². The van der Waals surface area contributed by atoms with Gasteiger partial charge in [-0.05, 0) is 63.0 Å². The van der Waals surface area contributed by atoms with Crippen LogP contribution in [-0.2, 0) is 0 Å². The van der Waals surface area contributed by atoms with Crippen molar-refractivity contribution in [3.63, 3.8) is 0 Å². The normalized spacial score (nSPS) is 11.6. The highest BCUT2D eigenvalue weighted by atomic mass is 15.0. The average Bonchev–Trinajstić information content (AvgIpc) is 3.62. The zero-order valence-corrected chi connectivity index (χ0v) is 29.8. The number of fused-ring (bicyclic) bond motifs is 10. The fourth-order valence-electron chi connectivity index (χ4n) is 8.26. The minimum Gasteiger partial charge on any atom is -0.309 e. The minimum absolute atomic E-state index is 0.632. The lowest BCUT2D eigenvalue weighted by Crippen LogP contribution is -2.00. The van der Waals surface area contributed by atoms with E-state index in [0.717, 1.165) is 27.9 Å². The molecule has 256 valence electrons. The summed E-state index contributed by atoms with van der Waals surface area (Å²) in [5, 5.41) is 10.1. The molecule has 11 aromatic rings. The molecule has 0 unspecified atom stereocenters. The second-order valence-electron chi connectivity index (χ2n) is 14.0. The van der Waals surface area contributed by atoms with Crippen molar-refractivity contribution in [3.05, 3.63) is 194 Å². The number of benzene rings is 9. The molecule has 11 rings (SSSR count). The van der Waals surface area contributed by atoms with E-state index in [-0.39, 0.29) is 0 Å². The molecular formula is C51H32N4. The van der Waals surface area contributed by atoms with E-state index in [0.29, 0.717) is 17.5 Å². The number of hydrogen-bond donors (Lipinski definition) is 0. The lowest BCUT2D eigenvalue weighted by Gasteiger charge is -2.14. The molecular weight excluding hydrogens is 669 g/mol. The van der Waals surface area contributed by atoms with Crippen molar-refractivity contribution in [1.82, 2.24) is 19.5 Å². The monoisotopic (exact) mass is 700 g/mol. The van der Waals surface area contributed by atoms with Gasteiger partial charge in [-0.2, -0.15) is 0 Å². The Kier molecular flexibility index (Phi) is 7.14. The van der Waals surface area contributed by atoms with Gasteiger partial charge in [0.15, 0.2) is 17.5 Å². The zero-order chi connectivity index (χ0) is 36.3. The Morgan fingerprint density at radius 3 is 1.44 bits per heavy atom. The predicted octanol–water partition coefficient (Wildman–Crippen LogP) is 13.1. The first-order valence-electron chi connectivity index (χ1n) is 18.6. The molecule has 0 radical (unpaired) electrons. The Morgan fingerprint density at radius 1 is 0.291 bits per heavy atom. The summed E-state index contributed by atoms with van der Waals surface area (Å²) in [4.78, 5) is 15.1. The summed E-state index contributed by atoms with van der Waals surface area (Å²) in [5.74, 6) is 1.91. The van der Waals surface area contributed by atoms with Crippen LogP contribution in [0.4, 0.5) is 0 Å². The van der Waals surface area contributed by atoms with Crippen molar-refractivity contribution in [2.24, 2.45) is 0 Å². The van der Waals surface area contributed by atoms with Gasteiger partial charge < -0.3 is 4.57 Å². The molecule has 0 aliphatic carbocycles. The highest BCUT2D eigenvalue weighted by molar-refractivity contribution is 6.36. The standard InChI is InChI=1S/C51H32N4/c1-3-13-33(14-4-1)34-23-25-37(26-24-34)50-52-49(36-16-5-2-6-17-36)53-51(54-50)38-27-30-39(31-28-38)55-45-22-12-11-21-44(45)47-46-40-18-8-7-15-35(40)29-32-42(46)41-19-9-10-20-43(41)48(47)55/h1-32H. The van der Waals surface area contributed by atoms with Crippen LogP contribution < -0.4 is 0 Å². The maximum atomic E-state index is 5.07. The highest BCUT2D eigenvalue weighted by Gasteiger charge is 2.20. The van der Waals surface area contributed by atoms with Crippen molar-refractivity contribution in [2.45, 2.75) is 0 Å². The smallest absolute Gasteiger partial charge is 0.164 e. The average molecular weight is 701 g/mol. The molecule has 0 amide bonds. The summed E-state index contributed by atoms with van der Waals surface area (Å²) in [6.07, 6.45) is 0. The van der Waals surface area contributed by atoms with Crippen LogP contribution in [0, 0.1) is 0 Å². The first kappa shape index (κ1) is 31.1. The number of hydrogen-bond acceptors (Lipinski definition) is 3. The molecule has 0 bridgehead atoms. The third-order valence-electron chi connectivity index (χ3n) is 10.8. The predicted molar refractivity (Wildman–Crippen MR) is 228 cm³/mol. The van der Waals surface area contributed by atoms with E-state index in [1.54, 1.807) is 0 Å². The summed E-state index contributed by atoms with van der Waals surface area (Å²) in [7, 11) is 0. The Morgan fingerprint density at radius 2 is 0.764 bits per heavy atom. The number of aromatic nitrogens is 4. The maximum absolute atomic E-state index is 5.07. The largest absolute Gasteiger partial charge is 0.309 e. The SMILES string of the molecule is c1ccc(-c2ccc(-c3nc(-c4ccccc4)nc(-c4ccc(-n5c6ccccc6c6c7c8ccccc8ccc7c7ccccc7c65)cc4)n3)cc2)cc1. The molecule has 0 saturated carbocycles. The van der Waals surface area contributed by atoms with Gasteiger partial charge in [-0.15, -0.1) is 0 Å². The summed E-state index contributed by atoms with van der Waals surface area (Å²) >= 11 is 0. The molecule has 0 aliphatic heterocycles. The molecule has 2 aromatic heterocycles. The first-order chi connectivity index (χ1) is 27.3. The van der Waals surface area contributed by atoms with Gasteiger partial charge in [-0.1, -0.05) is 164 Å². The molecule has 0 fully saturated rings. The van der Waals surface area contributed by atoms with Gasteiger partial charge in [0.25, 0.3) is 0 Å². The van der Waals surface area contributed by atoms with Gasteiger partial charge in [0.1, 0.15) is 0 Å². The second kappa shape index (κ2) is 12.6. The lowest BCUT2D eigenvalue weighted by molar-refractivity contribution is 1.07. The zero-order valence-electron chi connectivity index (χ0n) is 29.8. The van der Waals surface area contributed by atoms with Crippen molar-refractivity contribution in [1.29, 1.82) is 0 Å². The number of nitrogens with zero attached hydrogens (tertiary/aromatic N) is 4. The highest BCUT2D eigenvalue weighted by Crippen LogP contribution is 2.44. The Labute approximate surface area is 317 Å². The van der Waals surface area contributed by atoms with Crippen LogP contribution in [0.25, 0.3) is 105 Å². The number of para-hydroxylation sites is 1. The van der Waals surface area contributed by atoms with Crippen LogP contribution in [0.5, 0.6) is 0 Å². The molecule has 0 aliphatic rings. The van der Waals surface area contributed by atoms with Crippen LogP contribution in [0.1, 0.15) is 0 Å². The van der Waals surface area contributed by atoms with Crippen molar-refractivity contribution in [3.8, 4) is 51.0 Å². The number of rotatable bonds is 5. The van der Waals surface area contributed by atoms with E-state index < -0.39 is 0 Å². The van der Waals surface area contributed by atoms with Gasteiger partial charge in [-0.3, -0.25) is 0 Å². The summed E-state index contributed by atoms with van der Waals surface area (Å²) in [6, 6.07) is 68.6. The summed E-state index contributed by atoms with van der Waals surface area (Å²) < 4.78 is 2.43. The van der Waals surface area contributed by atoms with Crippen molar-refractivity contribution < 1.29 is 0 Å². The Hall–Kier alpha value is -7.43. The van der Waals surface area contributed by atoms with Crippen LogP contribution in [0.15, 0.2) is 194 Å². The van der Waals surface area contributed by atoms with E-state index in [4.69, 9.17) is 15.0 Å². The minimum atomic E-state index is 0.632. The van der Waals surface area contributed by atoms with Gasteiger partial charge in [-0.25, -0.2) is 15.0 Å². The van der Waals surface area contributed by atoms with E-state index in [9.17, 15) is 0 Å². The topological polar surface area (TPSA) is 43.6 Å². The first-order valence-corrected chi connectivity index (χ1v) is 18.6. The van der Waals surface area contributed by atoms with Gasteiger partial charge >= 0.3 is 0 Å². The van der Waals surface area contributed by atoms with E-state index >= 15 is 0 Å². The van der Waals surface area contributed by atoms with Crippen molar-refractivity contribution >= 4 is 54.1 Å². The van der Waals surface area contributed by atoms with Gasteiger partial charge in [0, 0.05) is 43.9 Å². The van der Waals surface area contributed by atoms with E-state index in [2.05, 4.69) is 162 Å². The molecule has 0 saturated heterocycles. The summed E-state index contributed by atoms with van der Waals surface area (Å²) in [5.41, 5.74) is 8.59. The van der Waals surface area contributed by atoms with E-state index in [1.807, 2.05) is 36.4 Å². The van der Waals surface area contributed by atoms with Crippen LogP contribution in [-0.4, -0.2) is 19.5 Å². The van der Waals surface area contributed by atoms with Crippen LogP contribution >= 0.6 is 0 Å². The Balaban J connectivity index is 1.10. The molecule has 0 N–H and O–H groups in total. The quantitative estimate of drug-likeness (QED) is 0.168. The maximum Gasteiger partial charge on any atom is 0.164 e. The van der Waals surface area contributed by atoms with Gasteiger partial charge in [0.05, 0.1) is 11.0 Å². The molecule has 55 heavy (non-hydrogen) atoms. The third-order valence-corrected chi connectivity index (χ3v) is 10.8. The molecule has 2 heterocycles. The van der Waals surface area contributed by atoms with E-state index in [1.165, 1.54) is 59.7 Å². The Bertz CT molecular complexity index is 3220. The van der Waals surface area contributed by atoms with Crippen molar-refractivity contribution in [2.75, 3.05) is 0 Å². The fourth-order valence-corrected chi connectivity index (χ4v) is 8.26. The fraction of sp³-hybridized carbons (Fsp3) is 0. The molecule has 4 heteroatoms. The lowest BCUT2D eigenvalue weighted by atomic mass is 9.93. The van der Waals surface area contributed by atoms with Crippen LogP contribution in [0.3, 0.4) is 0 Å².